The van der Waals surface area contributed by atoms with Gasteiger partial charge in [-0.05, 0) is 33.1 Å². The Hall–Kier alpha value is -0.320. The van der Waals surface area contributed by atoms with Crippen LogP contribution in [0, 0.1) is 5.92 Å². The molecule has 3 atom stereocenters. The highest BCUT2D eigenvalue weighted by atomic mass is 35.5. The van der Waals surface area contributed by atoms with E-state index < -0.39 is 0 Å². The minimum absolute atomic E-state index is 0. The molecule has 2 bridgehead atoms. The van der Waals surface area contributed by atoms with Crippen molar-refractivity contribution in [3.05, 3.63) is 0 Å². The van der Waals surface area contributed by atoms with E-state index in [0.29, 0.717) is 12.6 Å². The Labute approximate surface area is 103 Å². The molecule has 2 rings (SSSR count). The molecule has 0 spiro atoms. The molecule has 4 nitrogen and oxygen atoms in total. The van der Waals surface area contributed by atoms with E-state index in [9.17, 15) is 4.79 Å². The average Bonchev–Trinajstić information content (AvgIpc) is 2.73. The summed E-state index contributed by atoms with van der Waals surface area (Å²) in [6.45, 7) is 4.34. The van der Waals surface area contributed by atoms with Crippen LogP contribution in [0.15, 0.2) is 0 Å². The maximum absolute atomic E-state index is 11.8. The molecule has 1 amide bonds. The van der Waals surface area contributed by atoms with Crippen LogP contribution in [0.1, 0.15) is 33.1 Å². The first-order valence-corrected chi connectivity index (χ1v) is 5.68. The molecule has 3 unspecified atom stereocenters. The van der Waals surface area contributed by atoms with Crippen LogP contribution >= 0.6 is 12.4 Å². The molecule has 2 aliphatic heterocycles. The highest BCUT2D eigenvalue weighted by Crippen LogP contribution is 2.38. The number of carbonyl (C=O) groups excluding carboxylic acids is 1. The van der Waals surface area contributed by atoms with E-state index in [-0.39, 0.29) is 35.9 Å². The summed E-state index contributed by atoms with van der Waals surface area (Å²) in [6, 6.07) is 0. The van der Waals surface area contributed by atoms with Crippen molar-refractivity contribution in [2.24, 2.45) is 11.7 Å². The van der Waals surface area contributed by atoms with Crippen LogP contribution in [0.4, 0.5) is 0 Å². The molecular formula is C11H21ClN2O2. The third-order valence-corrected chi connectivity index (χ3v) is 3.16. The summed E-state index contributed by atoms with van der Waals surface area (Å²) in [5, 5.41) is 2.91. The lowest BCUT2D eigenvalue weighted by Crippen LogP contribution is -2.47. The molecule has 0 aliphatic carbocycles. The number of carbonyl (C=O) groups is 1. The van der Waals surface area contributed by atoms with Gasteiger partial charge in [-0.3, -0.25) is 4.79 Å². The minimum atomic E-state index is -0.339. The fraction of sp³-hybridized carbons (Fsp3) is 0.909. The van der Waals surface area contributed by atoms with Crippen molar-refractivity contribution in [1.29, 1.82) is 0 Å². The van der Waals surface area contributed by atoms with Gasteiger partial charge in [0, 0.05) is 12.1 Å². The van der Waals surface area contributed by atoms with Crippen LogP contribution in [0.3, 0.4) is 0 Å². The SMILES string of the molecule is CC(C)(N)CNC(=O)C1CC2CCC1O2.Cl. The van der Waals surface area contributed by atoms with E-state index in [0.717, 1.165) is 19.3 Å². The first kappa shape index (κ1) is 13.7. The first-order chi connectivity index (χ1) is 6.96. The highest BCUT2D eigenvalue weighted by molar-refractivity contribution is 5.85. The summed E-state index contributed by atoms with van der Waals surface area (Å²) >= 11 is 0. The van der Waals surface area contributed by atoms with Crippen LogP contribution in [0.25, 0.3) is 0 Å². The smallest absolute Gasteiger partial charge is 0.225 e. The quantitative estimate of drug-likeness (QED) is 0.778. The van der Waals surface area contributed by atoms with Gasteiger partial charge in [0.15, 0.2) is 0 Å². The Balaban J connectivity index is 0.00000128. The molecule has 0 aromatic heterocycles. The zero-order chi connectivity index (χ0) is 11.1. The van der Waals surface area contributed by atoms with Crippen molar-refractivity contribution in [3.8, 4) is 0 Å². The molecule has 94 valence electrons. The molecular weight excluding hydrogens is 228 g/mol. The minimum Gasteiger partial charge on any atom is -0.374 e. The summed E-state index contributed by atoms with van der Waals surface area (Å²) in [4.78, 5) is 11.8. The van der Waals surface area contributed by atoms with Gasteiger partial charge in [0.25, 0.3) is 0 Å². The Kier molecular flexibility index (Phi) is 4.21. The Morgan fingerprint density at radius 2 is 2.19 bits per heavy atom. The molecule has 2 aliphatic rings. The summed E-state index contributed by atoms with van der Waals surface area (Å²) < 4.78 is 5.65. The second-order valence-corrected chi connectivity index (χ2v) is 5.42. The predicted octanol–water partition coefficient (Wildman–Crippen LogP) is 0.829. The van der Waals surface area contributed by atoms with Crippen molar-refractivity contribution in [2.45, 2.75) is 50.9 Å². The maximum Gasteiger partial charge on any atom is 0.225 e. The van der Waals surface area contributed by atoms with Crippen LogP contribution in [-0.2, 0) is 9.53 Å². The average molecular weight is 249 g/mol. The van der Waals surface area contributed by atoms with E-state index in [1.165, 1.54) is 0 Å². The van der Waals surface area contributed by atoms with E-state index in [1.807, 2.05) is 13.8 Å². The first-order valence-electron chi connectivity index (χ1n) is 5.68. The van der Waals surface area contributed by atoms with E-state index in [4.69, 9.17) is 10.5 Å². The number of nitrogens with two attached hydrogens (primary N) is 1. The molecule has 0 radical (unpaired) electrons. The number of hydrogen-bond donors (Lipinski definition) is 2. The van der Waals surface area contributed by atoms with Crippen LogP contribution in [0.2, 0.25) is 0 Å². The van der Waals surface area contributed by atoms with Crippen LogP contribution in [-0.4, -0.2) is 30.2 Å². The molecule has 0 aromatic rings. The standard InChI is InChI=1S/C11H20N2O2.ClH/c1-11(2,12)6-13-10(14)8-5-7-3-4-9(8)15-7;/h7-9H,3-6,12H2,1-2H3,(H,13,14);1H. The zero-order valence-corrected chi connectivity index (χ0v) is 10.7. The molecule has 5 heteroatoms. The number of halogens is 1. The molecule has 3 N–H and O–H groups in total. The Morgan fingerprint density at radius 1 is 1.50 bits per heavy atom. The molecule has 0 aromatic carbocycles. The van der Waals surface area contributed by atoms with Gasteiger partial charge >= 0.3 is 0 Å². The van der Waals surface area contributed by atoms with Crippen molar-refractivity contribution in [3.63, 3.8) is 0 Å². The third-order valence-electron chi connectivity index (χ3n) is 3.16. The molecule has 2 fully saturated rings. The lowest BCUT2D eigenvalue weighted by Gasteiger charge is -2.22. The second-order valence-electron chi connectivity index (χ2n) is 5.42. The summed E-state index contributed by atoms with van der Waals surface area (Å²) in [5.41, 5.74) is 5.47. The lowest BCUT2D eigenvalue weighted by molar-refractivity contribution is -0.126. The van der Waals surface area contributed by atoms with Gasteiger partial charge in [-0.2, -0.15) is 0 Å². The number of fused-ring (bicyclic) bond motifs is 2. The molecule has 2 heterocycles. The largest absolute Gasteiger partial charge is 0.374 e. The number of amides is 1. The molecule has 0 saturated carbocycles. The van der Waals surface area contributed by atoms with Gasteiger partial charge in [0.1, 0.15) is 0 Å². The fourth-order valence-electron chi connectivity index (χ4n) is 2.36. The monoisotopic (exact) mass is 248 g/mol. The van der Waals surface area contributed by atoms with Crippen LogP contribution < -0.4 is 11.1 Å². The van der Waals surface area contributed by atoms with Gasteiger partial charge in [0.2, 0.25) is 5.91 Å². The Bertz CT molecular complexity index is 265. The van der Waals surface area contributed by atoms with E-state index >= 15 is 0 Å². The van der Waals surface area contributed by atoms with E-state index in [2.05, 4.69) is 5.32 Å². The maximum atomic E-state index is 11.8. The summed E-state index contributed by atoms with van der Waals surface area (Å²) in [7, 11) is 0. The van der Waals surface area contributed by atoms with Crippen molar-refractivity contribution < 1.29 is 9.53 Å². The van der Waals surface area contributed by atoms with Crippen molar-refractivity contribution in [1.82, 2.24) is 5.32 Å². The van der Waals surface area contributed by atoms with Gasteiger partial charge in [-0.15, -0.1) is 12.4 Å². The topological polar surface area (TPSA) is 64.3 Å². The highest BCUT2D eigenvalue weighted by Gasteiger charge is 2.44. The summed E-state index contributed by atoms with van der Waals surface area (Å²) in [6.07, 6.45) is 3.54. The van der Waals surface area contributed by atoms with Crippen molar-refractivity contribution >= 4 is 18.3 Å². The van der Waals surface area contributed by atoms with E-state index in [1.54, 1.807) is 0 Å². The molecule has 16 heavy (non-hydrogen) atoms. The van der Waals surface area contributed by atoms with Crippen molar-refractivity contribution in [2.75, 3.05) is 6.54 Å². The predicted molar refractivity (Wildman–Crippen MR) is 64.5 cm³/mol. The lowest BCUT2D eigenvalue weighted by atomic mass is 9.88. The summed E-state index contributed by atoms with van der Waals surface area (Å²) in [5.74, 6) is 0.173. The van der Waals surface area contributed by atoms with Gasteiger partial charge in [0.05, 0.1) is 18.1 Å². The third kappa shape index (κ3) is 3.09. The fourth-order valence-corrected chi connectivity index (χ4v) is 2.36. The van der Waals surface area contributed by atoms with Gasteiger partial charge < -0.3 is 15.8 Å². The number of rotatable bonds is 3. The zero-order valence-electron chi connectivity index (χ0n) is 9.86. The normalized spacial score (nSPS) is 32.3. The van der Waals surface area contributed by atoms with Gasteiger partial charge in [-0.25, -0.2) is 0 Å². The number of nitrogens with one attached hydrogen (secondary N) is 1. The molecule has 2 saturated heterocycles. The second kappa shape index (κ2) is 4.90. The number of ether oxygens (including phenoxy) is 1. The number of hydrogen-bond acceptors (Lipinski definition) is 3. The van der Waals surface area contributed by atoms with Crippen LogP contribution in [0.5, 0.6) is 0 Å². The van der Waals surface area contributed by atoms with Gasteiger partial charge in [-0.1, -0.05) is 0 Å². The Morgan fingerprint density at radius 3 is 2.62 bits per heavy atom.